The highest BCUT2D eigenvalue weighted by molar-refractivity contribution is 4.62. The number of rotatable bonds is 4. The zero-order valence-electron chi connectivity index (χ0n) is 6.44. The molecule has 0 spiro atoms. The van der Waals surface area contributed by atoms with Gasteiger partial charge in [0.2, 0.25) is 0 Å². The van der Waals surface area contributed by atoms with Gasteiger partial charge in [-0.05, 0) is 20.9 Å². The Kier molecular flexibility index (Phi) is 4.67. The van der Waals surface area contributed by atoms with Gasteiger partial charge in [0.25, 0.3) is 0 Å². The van der Waals surface area contributed by atoms with Gasteiger partial charge in [-0.15, -0.1) is 0 Å². The van der Waals surface area contributed by atoms with E-state index in [1.807, 2.05) is 7.05 Å². The zero-order chi connectivity index (χ0) is 7.28. The summed E-state index contributed by atoms with van der Waals surface area (Å²) in [4.78, 5) is 0. The minimum Gasteiger partial charge on any atom is -0.317 e. The van der Waals surface area contributed by atoms with Gasteiger partial charge in [0.15, 0.2) is 0 Å². The van der Waals surface area contributed by atoms with E-state index in [9.17, 15) is 0 Å². The van der Waals surface area contributed by atoms with Crippen LogP contribution in [-0.4, -0.2) is 25.8 Å². The van der Waals surface area contributed by atoms with Crippen molar-refractivity contribution in [3.8, 4) is 0 Å². The fraction of sp³-hybridized carbons (Fsp3) is 1.00. The molecule has 0 aromatic heterocycles. The van der Waals surface area contributed by atoms with Crippen LogP contribution in [0.3, 0.4) is 0 Å². The van der Waals surface area contributed by atoms with E-state index in [0.717, 1.165) is 6.54 Å². The second-order valence-corrected chi connectivity index (χ2v) is 2.49. The van der Waals surface area contributed by atoms with Crippen molar-refractivity contribution in [2.75, 3.05) is 13.6 Å². The first kappa shape index (κ1) is 8.88. The van der Waals surface area contributed by atoms with Gasteiger partial charge in [-0.1, -0.05) is 0 Å². The average Bonchev–Trinajstić information content (AvgIpc) is 1.63. The summed E-state index contributed by atoms with van der Waals surface area (Å²) in [5.74, 6) is 0. The van der Waals surface area contributed by atoms with Crippen LogP contribution in [0, 0.1) is 0 Å². The second-order valence-electron chi connectivity index (χ2n) is 2.49. The van der Waals surface area contributed by atoms with E-state index in [2.05, 4.69) is 24.5 Å². The SMILES string of the molecule is CNC[C@H](N)NC(C)C. The lowest BCUT2D eigenvalue weighted by molar-refractivity contribution is 0.459. The van der Waals surface area contributed by atoms with E-state index in [1.54, 1.807) is 0 Å². The third-order valence-corrected chi connectivity index (χ3v) is 0.971. The lowest BCUT2D eigenvalue weighted by Gasteiger charge is -2.15. The standard InChI is InChI=1S/C6H17N3/c1-5(2)9-6(7)4-8-3/h5-6,8-9H,4,7H2,1-3H3/t6-/m1/s1. The van der Waals surface area contributed by atoms with Gasteiger partial charge in [-0.25, -0.2) is 0 Å². The number of hydrogen-bond acceptors (Lipinski definition) is 3. The van der Waals surface area contributed by atoms with Crippen molar-refractivity contribution in [3.63, 3.8) is 0 Å². The lowest BCUT2D eigenvalue weighted by atomic mass is 10.3. The van der Waals surface area contributed by atoms with Crippen molar-refractivity contribution >= 4 is 0 Å². The first-order valence-electron chi connectivity index (χ1n) is 3.33. The van der Waals surface area contributed by atoms with Crippen LogP contribution in [0.4, 0.5) is 0 Å². The molecule has 0 aliphatic heterocycles. The molecular weight excluding hydrogens is 114 g/mol. The molecule has 0 saturated carbocycles. The smallest absolute Gasteiger partial charge is 0.0676 e. The molecule has 0 heterocycles. The molecule has 1 atom stereocenters. The minimum absolute atomic E-state index is 0.0787. The number of nitrogens with two attached hydrogens (primary N) is 1. The molecule has 0 fully saturated rings. The molecule has 0 amide bonds. The molecule has 0 aromatic carbocycles. The Morgan fingerprint density at radius 1 is 1.44 bits per heavy atom. The van der Waals surface area contributed by atoms with E-state index in [1.165, 1.54) is 0 Å². The Labute approximate surface area is 57.0 Å². The molecule has 9 heavy (non-hydrogen) atoms. The van der Waals surface area contributed by atoms with Gasteiger partial charge >= 0.3 is 0 Å². The van der Waals surface area contributed by atoms with Gasteiger partial charge < -0.3 is 11.1 Å². The van der Waals surface area contributed by atoms with Crippen molar-refractivity contribution in [2.24, 2.45) is 5.73 Å². The van der Waals surface area contributed by atoms with Crippen LogP contribution in [0.25, 0.3) is 0 Å². The lowest BCUT2D eigenvalue weighted by Crippen LogP contribution is -2.47. The van der Waals surface area contributed by atoms with Crippen LogP contribution < -0.4 is 16.4 Å². The van der Waals surface area contributed by atoms with Crippen LogP contribution >= 0.6 is 0 Å². The Hall–Kier alpha value is -0.120. The van der Waals surface area contributed by atoms with Gasteiger partial charge in [0.1, 0.15) is 0 Å². The molecular formula is C6H17N3. The molecule has 4 N–H and O–H groups in total. The fourth-order valence-corrected chi connectivity index (χ4v) is 0.707. The topological polar surface area (TPSA) is 50.1 Å². The molecule has 0 aromatic rings. The van der Waals surface area contributed by atoms with E-state index < -0.39 is 0 Å². The van der Waals surface area contributed by atoms with E-state index >= 15 is 0 Å². The summed E-state index contributed by atoms with van der Waals surface area (Å²) in [5.41, 5.74) is 5.61. The molecule has 0 aliphatic rings. The molecule has 56 valence electrons. The quantitative estimate of drug-likeness (QED) is 0.450. The predicted molar refractivity (Wildman–Crippen MR) is 40.2 cm³/mol. The van der Waals surface area contributed by atoms with Gasteiger partial charge in [0.05, 0.1) is 6.17 Å². The maximum absolute atomic E-state index is 5.61. The summed E-state index contributed by atoms with van der Waals surface area (Å²) in [5, 5.41) is 6.14. The number of hydrogen-bond donors (Lipinski definition) is 3. The van der Waals surface area contributed by atoms with Crippen molar-refractivity contribution in [1.29, 1.82) is 0 Å². The van der Waals surface area contributed by atoms with Crippen molar-refractivity contribution in [2.45, 2.75) is 26.1 Å². The van der Waals surface area contributed by atoms with Crippen LogP contribution in [0.15, 0.2) is 0 Å². The van der Waals surface area contributed by atoms with Crippen LogP contribution in [0.5, 0.6) is 0 Å². The van der Waals surface area contributed by atoms with Crippen molar-refractivity contribution in [1.82, 2.24) is 10.6 Å². The molecule has 0 unspecified atom stereocenters. The maximum Gasteiger partial charge on any atom is 0.0676 e. The third-order valence-electron chi connectivity index (χ3n) is 0.971. The minimum atomic E-state index is 0.0787. The highest BCUT2D eigenvalue weighted by Crippen LogP contribution is 1.76. The monoisotopic (exact) mass is 131 g/mol. The molecule has 0 saturated heterocycles. The first-order chi connectivity index (χ1) is 4.16. The van der Waals surface area contributed by atoms with Crippen LogP contribution in [-0.2, 0) is 0 Å². The Morgan fingerprint density at radius 2 is 2.00 bits per heavy atom. The Morgan fingerprint density at radius 3 is 2.33 bits per heavy atom. The number of likely N-dealkylation sites (N-methyl/N-ethyl adjacent to an activating group) is 1. The summed E-state index contributed by atoms with van der Waals surface area (Å²) in [6, 6.07) is 0.466. The highest BCUT2D eigenvalue weighted by Gasteiger charge is 1.99. The second kappa shape index (κ2) is 4.73. The van der Waals surface area contributed by atoms with Gasteiger partial charge in [0, 0.05) is 12.6 Å². The van der Waals surface area contributed by atoms with Gasteiger partial charge in [-0.3, -0.25) is 5.32 Å². The predicted octanol–water partition coefficient (Wildman–Crippen LogP) is -0.511. The Bertz CT molecular complexity index is 63.3. The fourth-order valence-electron chi connectivity index (χ4n) is 0.707. The highest BCUT2D eigenvalue weighted by atomic mass is 15.1. The zero-order valence-corrected chi connectivity index (χ0v) is 6.44. The summed E-state index contributed by atoms with van der Waals surface area (Å²) >= 11 is 0. The largest absolute Gasteiger partial charge is 0.317 e. The average molecular weight is 131 g/mol. The maximum atomic E-state index is 5.61. The summed E-state index contributed by atoms with van der Waals surface area (Å²) in [6.07, 6.45) is 0.0787. The van der Waals surface area contributed by atoms with Crippen molar-refractivity contribution < 1.29 is 0 Å². The molecule has 0 bridgehead atoms. The summed E-state index contributed by atoms with van der Waals surface area (Å²) in [6.45, 7) is 4.98. The third kappa shape index (κ3) is 5.76. The van der Waals surface area contributed by atoms with Crippen molar-refractivity contribution in [3.05, 3.63) is 0 Å². The van der Waals surface area contributed by atoms with Gasteiger partial charge in [-0.2, -0.15) is 0 Å². The summed E-state index contributed by atoms with van der Waals surface area (Å²) in [7, 11) is 1.89. The Balaban J connectivity index is 3.15. The van der Waals surface area contributed by atoms with Crippen LogP contribution in [0.2, 0.25) is 0 Å². The molecule has 3 heteroatoms. The number of nitrogens with one attached hydrogen (secondary N) is 2. The van der Waals surface area contributed by atoms with E-state index in [-0.39, 0.29) is 6.17 Å². The summed E-state index contributed by atoms with van der Waals surface area (Å²) < 4.78 is 0. The van der Waals surface area contributed by atoms with E-state index in [0.29, 0.717) is 6.04 Å². The van der Waals surface area contributed by atoms with E-state index in [4.69, 9.17) is 5.73 Å². The molecule has 0 radical (unpaired) electrons. The molecule has 0 aliphatic carbocycles. The molecule has 0 rings (SSSR count). The first-order valence-corrected chi connectivity index (χ1v) is 3.33. The van der Waals surface area contributed by atoms with Crippen LogP contribution in [0.1, 0.15) is 13.8 Å². The normalized spacial score (nSPS) is 14.3. The molecule has 3 nitrogen and oxygen atoms in total.